The van der Waals surface area contributed by atoms with Gasteiger partial charge in [0.25, 0.3) is 0 Å². The second kappa shape index (κ2) is 13.3. The summed E-state index contributed by atoms with van der Waals surface area (Å²) < 4.78 is 0. The van der Waals surface area contributed by atoms with E-state index in [1.165, 1.54) is 6.92 Å². The summed E-state index contributed by atoms with van der Waals surface area (Å²) in [5, 5.41) is 16.1. The van der Waals surface area contributed by atoms with Gasteiger partial charge in [0, 0.05) is 49.0 Å². The largest absolute Gasteiger partial charge is 0.385 e. The Bertz CT molecular complexity index is 1150. The topological polar surface area (TPSA) is 95.7 Å². The number of aryl methyl sites for hydroxylation is 1. The monoisotopic (exact) mass is 553 g/mol. The van der Waals surface area contributed by atoms with Gasteiger partial charge >= 0.3 is 0 Å². The van der Waals surface area contributed by atoms with Crippen LogP contribution in [0.4, 0.5) is 0 Å². The van der Waals surface area contributed by atoms with Crippen LogP contribution in [0.1, 0.15) is 69.4 Å². The highest BCUT2D eigenvalue weighted by atomic mass is 35.5. The van der Waals surface area contributed by atoms with E-state index < -0.39 is 5.60 Å². The zero-order chi connectivity index (χ0) is 28.0. The van der Waals surface area contributed by atoms with Crippen molar-refractivity contribution in [3.05, 3.63) is 58.6 Å². The molecule has 0 aromatic heterocycles. The van der Waals surface area contributed by atoms with Gasteiger partial charge in [-0.2, -0.15) is 0 Å². The molecule has 0 bridgehead atoms. The van der Waals surface area contributed by atoms with Gasteiger partial charge in [0.1, 0.15) is 0 Å². The van der Waals surface area contributed by atoms with Crippen LogP contribution in [0.2, 0.25) is 5.02 Å². The lowest BCUT2D eigenvalue weighted by atomic mass is 9.72. The molecular weight excluding hydrogens is 510 g/mol. The van der Waals surface area contributed by atoms with Gasteiger partial charge in [0.15, 0.2) is 0 Å². The number of nitrogens with two attached hydrogens (primary N) is 1. The van der Waals surface area contributed by atoms with Crippen molar-refractivity contribution in [2.75, 3.05) is 26.2 Å². The first-order chi connectivity index (χ1) is 18.7. The summed E-state index contributed by atoms with van der Waals surface area (Å²) in [6.45, 7) is 5.98. The molecular formula is C32H44ClN3O3. The third-order valence-electron chi connectivity index (χ3n) is 8.83. The van der Waals surface area contributed by atoms with E-state index in [-0.39, 0.29) is 23.7 Å². The molecule has 1 saturated carbocycles. The first-order valence-electron chi connectivity index (χ1n) is 14.5. The Hall–Kier alpha value is -2.41. The Morgan fingerprint density at radius 2 is 1.87 bits per heavy atom. The minimum absolute atomic E-state index is 0.0495. The highest BCUT2D eigenvalue weighted by Crippen LogP contribution is 2.46. The fraction of sp³-hybridized carbons (Fsp3) is 0.562. The van der Waals surface area contributed by atoms with Crippen molar-refractivity contribution < 1.29 is 14.7 Å². The SMILES string of the molecule is CC(=O)NCCC[C@@](O)(c1cccc(Cl)c1-c1cccc(C)c1)[C@@H]1CCCN(C(=O)C2CCC(CN)CC2)C1. The summed E-state index contributed by atoms with van der Waals surface area (Å²) in [5.41, 5.74) is 8.39. The number of amides is 2. The van der Waals surface area contributed by atoms with Gasteiger partial charge in [-0.05, 0) is 87.9 Å². The van der Waals surface area contributed by atoms with Crippen LogP contribution in [0.5, 0.6) is 0 Å². The van der Waals surface area contributed by atoms with Gasteiger partial charge in [-0.1, -0.05) is 53.6 Å². The van der Waals surface area contributed by atoms with Crippen molar-refractivity contribution in [3.63, 3.8) is 0 Å². The van der Waals surface area contributed by atoms with Crippen LogP contribution in [0, 0.1) is 24.7 Å². The summed E-state index contributed by atoms with van der Waals surface area (Å²) >= 11 is 6.83. The Kier molecular flexibility index (Phi) is 10.1. The lowest BCUT2D eigenvalue weighted by molar-refractivity contribution is -0.142. The van der Waals surface area contributed by atoms with Crippen LogP contribution in [-0.4, -0.2) is 48.0 Å². The van der Waals surface area contributed by atoms with Crippen molar-refractivity contribution in [1.82, 2.24) is 10.2 Å². The summed E-state index contributed by atoms with van der Waals surface area (Å²) in [6, 6.07) is 13.9. The molecule has 39 heavy (non-hydrogen) atoms. The van der Waals surface area contributed by atoms with Crippen molar-refractivity contribution in [2.24, 2.45) is 23.5 Å². The fourth-order valence-corrected chi connectivity index (χ4v) is 6.91. The number of carbonyl (C=O) groups is 2. The van der Waals surface area contributed by atoms with E-state index in [9.17, 15) is 14.7 Å². The van der Waals surface area contributed by atoms with E-state index in [1.54, 1.807) is 0 Å². The number of halogens is 1. The third kappa shape index (κ3) is 7.03. The van der Waals surface area contributed by atoms with Crippen LogP contribution < -0.4 is 11.1 Å². The van der Waals surface area contributed by atoms with Gasteiger partial charge in [-0.15, -0.1) is 0 Å². The lowest BCUT2D eigenvalue weighted by Gasteiger charge is -2.44. The molecule has 4 rings (SSSR count). The van der Waals surface area contributed by atoms with Gasteiger partial charge in [-0.25, -0.2) is 0 Å². The Morgan fingerprint density at radius 1 is 1.13 bits per heavy atom. The second-order valence-corrected chi connectivity index (χ2v) is 12.0. The normalized spacial score (nSPS) is 23.2. The van der Waals surface area contributed by atoms with E-state index >= 15 is 0 Å². The van der Waals surface area contributed by atoms with E-state index in [0.29, 0.717) is 43.4 Å². The molecule has 1 aliphatic heterocycles. The van der Waals surface area contributed by atoms with Gasteiger partial charge in [0.05, 0.1) is 5.60 Å². The predicted molar refractivity (Wildman–Crippen MR) is 157 cm³/mol. The van der Waals surface area contributed by atoms with Gasteiger partial charge < -0.3 is 21.1 Å². The standard InChI is InChI=1S/C32H44ClN3O3/c1-22-7-3-8-26(19-22)30-28(10-4-11-29(30)33)32(39,16-6-17-35-23(2)37)27-9-5-18-36(21-27)31(38)25-14-12-24(20-34)13-15-25/h3-4,7-8,10-11,19,24-25,27,39H,5-6,9,12-18,20-21,34H2,1-2H3,(H,35,37)/t24?,25?,27-,32+/m1/s1. The first-order valence-corrected chi connectivity index (χ1v) is 14.9. The average Bonchev–Trinajstić information content (AvgIpc) is 2.94. The van der Waals surface area contributed by atoms with Crippen LogP contribution >= 0.6 is 11.6 Å². The molecule has 0 spiro atoms. The molecule has 2 aromatic carbocycles. The molecule has 2 fully saturated rings. The van der Waals surface area contributed by atoms with Crippen LogP contribution in [-0.2, 0) is 15.2 Å². The number of aliphatic hydroxyl groups is 1. The van der Waals surface area contributed by atoms with E-state index in [1.807, 2.05) is 48.2 Å². The number of carbonyl (C=O) groups excluding carboxylic acids is 2. The number of nitrogens with one attached hydrogen (secondary N) is 1. The molecule has 212 valence electrons. The van der Waals surface area contributed by atoms with Crippen molar-refractivity contribution >= 4 is 23.4 Å². The number of hydrogen-bond donors (Lipinski definition) is 3. The average molecular weight is 554 g/mol. The van der Waals surface area contributed by atoms with E-state index in [0.717, 1.165) is 67.3 Å². The third-order valence-corrected chi connectivity index (χ3v) is 9.15. The summed E-state index contributed by atoms with van der Waals surface area (Å²) in [5.74, 6) is 0.574. The van der Waals surface area contributed by atoms with Crippen LogP contribution in [0.25, 0.3) is 11.1 Å². The zero-order valence-electron chi connectivity index (χ0n) is 23.4. The predicted octanol–water partition coefficient (Wildman–Crippen LogP) is 5.42. The summed E-state index contributed by atoms with van der Waals surface area (Å²) in [7, 11) is 0. The Morgan fingerprint density at radius 3 is 2.56 bits per heavy atom. The molecule has 1 saturated heterocycles. The fourth-order valence-electron chi connectivity index (χ4n) is 6.63. The second-order valence-electron chi connectivity index (χ2n) is 11.6. The smallest absolute Gasteiger partial charge is 0.225 e. The maximum Gasteiger partial charge on any atom is 0.225 e. The van der Waals surface area contributed by atoms with Gasteiger partial charge in [0.2, 0.25) is 11.8 Å². The molecule has 0 unspecified atom stereocenters. The molecule has 6 nitrogen and oxygen atoms in total. The molecule has 0 radical (unpaired) electrons. The molecule has 4 N–H and O–H groups in total. The van der Waals surface area contributed by atoms with E-state index in [4.69, 9.17) is 17.3 Å². The number of nitrogens with zero attached hydrogens (tertiary/aromatic N) is 1. The van der Waals surface area contributed by atoms with Crippen molar-refractivity contribution in [2.45, 2.75) is 70.8 Å². The van der Waals surface area contributed by atoms with Crippen LogP contribution in [0.15, 0.2) is 42.5 Å². The number of rotatable bonds is 9. The first kappa shape index (κ1) is 29.6. The lowest BCUT2D eigenvalue weighted by Crippen LogP contribution is -2.50. The maximum atomic E-state index is 13.6. The molecule has 7 heteroatoms. The van der Waals surface area contributed by atoms with Crippen LogP contribution in [0.3, 0.4) is 0 Å². The number of piperidine rings is 1. The quantitative estimate of drug-likeness (QED) is 0.361. The highest BCUT2D eigenvalue weighted by molar-refractivity contribution is 6.33. The van der Waals surface area contributed by atoms with E-state index in [2.05, 4.69) is 11.4 Å². The molecule has 2 amide bonds. The summed E-state index contributed by atoms with van der Waals surface area (Å²) in [6.07, 6.45) is 6.57. The maximum absolute atomic E-state index is 13.6. The molecule has 1 heterocycles. The Balaban J connectivity index is 1.65. The molecule has 2 aromatic rings. The summed E-state index contributed by atoms with van der Waals surface area (Å²) in [4.78, 5) is 27.1. The molecule has 2 aliphatic rings. The van der Waals surface area contributed by atoms with Crippen molar-refractivity contribution in [3.8, 4) is 11.1 Å². The van der Waals surface area contributed by atoms with Gasteiger partial charge in [-0.3, -0.25) is 9.59 Å². The highest BCUT2D eigenvalue weighted by Gasteiger charge is 2.43. The number of hydrogen-bond acceptors (Lipinski definition) is 4. The molecule has 2 atom stereocenters. The molecule has 1 aliphatic carbocycles. The van der Waals surface area contributed by atoms with Crippen molar-refractivity contribution in [1.29, 1.82) is 0 Å². The number of benzene rings is 2. The Labute approximate surface area is 238 Å². The minimum atomic E-state index is -1.21. The minimum Gasteiger partial charge on any atom is -0.385 e. The zero-order valence-corrected chi connectivity index (χ0v) is 24.2. The number of likely N-dealkylation sites (tertiary alicyclic amines) is 1.